The van der Waals surface area contributed by atoms with Crippen LogP contribution in [0.5, 0.6) is 11.5 Å². The molecule has 3 rings (SSSR count). The van der Waals surface area contributed by atoms with E-state index < -0.39 is 17.5 Å². The molecule has 162 valence electrons. The third-order valence-corrected chi connectivity index (χ3v) is 4.52. The molecule has 0 fully saturated rings. The van der Waals surface area contributed by atoms with Crippen molar-refractivity contribution in [3.63, 3.8) is 0 Å². The van der Waals surface area contributed by atoms with Gasteiger partial charge in [0.2, 0.25) is 5.91 Å². The first-order valence-corrected chi connectivity index (χ1v) is 9.46. The Bertz CT molecular complexity index is 1150. The first-order chi connectivity index (χ1) is 14.9. The van der Waals surface area contributed by atoms with Crippen LogP contribution in [0.4, 0.5) is 14.5 Å². The van der Waals surface area contributed by atoms with E-state index in [-0.39, 0.29) is 24.2 Å². The Morgan fingerprint density at radius 3 is 2.52 bits per heavy atom. The number of amides is 1. The summed E-state index contributed by atoms with van der Waals surface area (Å²) in [6, 6.07) is 11.2. The summed E-state index contributed by atoms with van der Waals surface area (Å²) in [7, 11) is 3.06. The molecule has 1 heterocycles. The molecular formula is C22H21F2N3O4. The molecule has 0 aliphatic carbocycles. The van der Waals surface area contributed by atoms with Crippen molar-refractivity contribution >= 4 is 11.6 Å². The number of nitrogens with zero attached hydrogens (tertiary/aromatic N) is 2. The molecule has 7 nitrogen and oxygen atoms in total. The van der Waals surface area contributed by atoms with E-state index in [0.29, 0.717) is 29.7 Å². The zero-order valence-electron chi connectivity index (χ0n) is 17.0. The van der Waals surface area contributed by atoms with E-state index in [1.807, 2.05) is 0 Å². The SMILES string of the molecule is COc1ccc(-c2ccc(=O)n(CCCC(=O)Nc3ccc(F)cc3F)n2)cc1OC. The fourth-order valence-electron chi connectivity index (χ4n) is 2.95. The molecule has 0 spiro atoms. The highest BCUT2D eigenvalue weighted by molar-refractivity contribution is 5.90. The van der Waals surface area contributed by atoms with Crippen LogP contribution in [-0.2, 0) is 11.3 Å². The number of aryl methyl sites for hydroxylation is 1. The van der Waals surface area contributed by atoms with Crippen LogP contribution in [0.1, 0.15) is 12.8 Å². The van der Waals surface area contributed by atoms with Crippen molar-refractivity contribution < 1.29 is 23.0 Å². The van der Waals surface area contributed by atoms with Gasteiger partial charge in [-0.2, -0.15) is 5.10 Å². The highest BCUT2D eigenvalue weighted by Crippen LogP contribution is 2.31. The quantitative estimate of drug-likeness (QED) is 0.591. The van der Waals surface area contributed by atoms with Crippen LogP contribution >= 0.6 is 0 Å². The Morgan fingerprint density at radius 2 is 1.81 bits per heavy atom. The van der Waals surface area contributed by atoms with Crippen LogP contribution in [-0.4, -0.2) is 29.9 Å². The number of halogens is 2. The van der Waals surface area contributed by atoms with Gasteiger partial charge in [-0.1, -0.05) is 0 Å². The monoisotopic (exact) mass is 429 g/mol. The number of rotatable bonds is 8. The van der Waals surface area contributed by atoms with Gasteiger partial charge in [-0.3, -0.25) is 9.59 Å². The number of carbonyl (C=O) groups excluding carboxylic acids is 1. The summed E-state index contributed by atoms with van der Waals surface area (Å²) in [6.07, 6.45) is 0.336. The molecule has 0 saturated carbocycles. The lowest BCUT2D eigenvalue weighted by atomic mass is 10.1. The van der Waals surface area contributed by atoms with Gasteiger partial charge in [-0.25, -0.2) is 13.5 Å². The van der Waals surface area contributed by atoms with Gasteiger partial charge in [0.25, 0.3) is 5.56 Å². The van der Waals surface area contributed by atoms with Crippen LogP contribution in [0.25, 0.3) is 11.3 Å². The lowest BCUT2D eigenvalue weighted by Gasteiger charge is -2.11. The lowest BCUT2D eigenvalue weighted by molar-refractivity contribution is -0.116. The van der Waals surface area contributed by atoms with Crippen molar-refractivity contribution in [3.8, 4) is 22.8 Å². The molecule has 0 aliphatic rings. The van der Waals surface area contributed by atoms with Crippen molar-refractivity contribution in [1.29, 1.82) is 0 Å². The van der Waals surface area contributed by atoms with E-state index >= 15 is 0 Å². The molecule has 0 saturated heterocycles. The van der Waals surface area contributed by atoms with Gasteiger partial charge < -0.3 is 14.8 Å². The van der Waals surface area contributed by atoms with Crippen LogP contribution in [0.3, 0.4) is 0 Å². The standard InChI is InChI=1S/C22H21F2N3O4/c1-30-19-9-5-14(12-20(19)31-2)17-8-10-22(29)27(26-17)11-3-4-21(28)25-18-7-6-15(23)13-16(18)24/h5-10,12-13H,3-4,11H2,1-2H3,(H,25,28). The first kappa shape index (κ1) is 21.9. The molecule has 1 amide bonds. The molecule has 2 aromatic carbocycles. The molecule has 1 N–H and O–H groups in total. The summed E-state index contributed by atoms with van der Waals surface area (Å²) < 4.78 is 38.4. The van der Waals surface area contributed by atoms with E-state index in [2.05, 4.69) is 10.4 Å². The van der Waals surface area contributed by atoms with Crippen LogP contribution in [0.2, 0.25) is 0 Å². The molecule has 31 heavy (non-hydrogen) atoms. The molecule has 0 atom stereocenters. The van der Waals surface area contributed by atoms with Gasteiger partial charge in [0.05, 0.1) is 25.6 Å². The Labute approximate surface area is 177 Å². The maximum atomic E-state index is 13.6. The van der Waals surface area contributed by atoms with Gasteiger partial charge in [0.15, 0.2) is 11.5 Å². The van der Waals surface area contributed by atoms with Crippen molar-refractivity contribution in [2.45, 2.75) is 19.4 Å². The summed E-state index contributed by atoms with van der Waals surface area (Å²) in [5.74, 6) is -0.925. The van der Waals surface area contributed by atoms with E-state index in [0.717, 1.165) is 17.7 Å². The maximum Gasteiger partial charge on any atom is 0.266 e. The number of nitrogens with one attached hydrogen (secondary N) is 1. The number of carbonyl (C=O) groups is 1. The second-order valence-corrected chi connectivity index (χ2v) is 6.63. The molecular weight excluding hydrogens is 408 g/mol. The third-order valence-electron chi connectivity index (χ3n) is 4.52. The normalized spacial score (nSPS) is 10.6. The van der Waals surface area contributed by atoms with Crippen molar-refractivity contribution in [2.75, 3.05) is 19.5 Å². The van der Waals surface area contributed by atoms with Crippen molar-refractivity contribution in [3.05, 3.63) is 70.5 Å². The lowest BCUT2D eigenvalue weighted by Crippen LogP contribution is -2.23. The fourth-order valence-corrected chi connectivity index (χ4v) is 2.95. The van der Waals surface area contributed by atoms with E-state index in [9.17, 15) is 18.4 Å². The van der Waals surface area contributed by atoms with Gasteiger partial charge >= 0.3 is 0 Å². The zero-order valence-corrected chi connectivity index (χ0v) is 17.0. The summed E-state index contributed by atoms with van der Waals surface area (Å²) in [4.78, 5) is 24.2. The number of anilines is 1. The summed E-state index contributed by atoms with van der Waals surface area (Å²) >= 11 is 0. The van der Waals surface area contributed by atoms with Crippen LogP contribution < -0.4 is 20.3 Å². The highest BCUT2D eigenvalue weighted by Gasteiger charge is 2.11. The highest BCUT2D eigenvalue weighted by atomic mass is 19.1. The van der Waals surface area contributed by atoms with Crippen molar-refractivity contribution in [2.24, 2.45) is 0 Å². The van der Waals surface area contributed by atoms with Crippen LogP contribution in [0.15, 0.2) is 53.3 Å². The summed E-state index contributed by atoms with van der Waals surface area (Å²) in [5.41, 5.74) is 0.876. The number of ether oxygens (including phenoxy) is 2. The zero-order chi connectivity index (χ0) is 22.4. The Hall–Kier alpha value is -3.75. The van der Waals surface area contributed by atoms with Gasteiger partial charge in [-0.05, 0) is 42.8 Å². The third kappa shape index (κ3) is 5.44. The van der Waals surface area contributed by atoms with Crippen molar-refractivity contribution in [1.82, 2.24) is 9.78 Å². The molecule has 3 aromatic rings. The Morgan fingerprint density at radius 1 is 1.03 bits per heavy atom. The number of benzene rings is 2. The predicted molar refractivity (Wildman–Crippen MR) is 111 cm³/mol. The van der Waals surface area contributed by atoms with E-state index in [1.165, 1.54) is 25.0 Å². The van der Waals surface area contributed by atoms with E-state index in [4.69, 9.17) is 9.47 Å². The summed E-state index contributed by atoms with van der Waals surface area (Å²) in [6.45, 7) is 0.194. The number of hydrogen-bond donors (Lipinski definition) is 1. The maximum absolute atomic E-state index is 13.6. The number of aromatic nitrogens is 2. The second kappa shape index (κ2) is 9.84. The predicted octanol–water partition coefficient (Wildman–Crippen LogP) is 3.62. The minimum atomic E-state index is -0.853. The minimum absolute atomic E-state index is 0.0333. The van der Waals surface area contributed by atoms with Gasteiger partial charge in [-0.15, -0.1) is 0 Å². The molecule has 9 heteroatoms. The number of hydrogen-bond acceptors (Lipinski definition) is 5. The molecule has 0 aliphatic heterocycles. The first-order valence-electron chi connectivity index (χ1n) is 9.46. The average Bonchev–Trinajstić information content (AvgIpc) is 2.76. The topological polar surface area (TPSA) is 82.5 Å². The second-order valence-electron chi connectivity index (χ2n) is 6.63. The fraction of sp³-hybridized carbons (Fsp3) is 0.227. The largest absolute Gasteiger partial charge is 0.493 e. The van der Waals surface area contributed by atoms with E-state index in [1.54, 1.807) is 24.3 Å². The smallest absolute Gasteiger partial charge is 0.266 e. The molecule has 0 unspecified atom stereocenters. The average molecular weight is 429 g/mol. The van der Waals surface area contributed by atoms with Crippen LogP contribution in [0, 0.1) is 11.6 Å². The summed E-state index contributed by atoms with van der Waals surface area (Å²) in [5, 5.41) is 6.74. The Balaban J connectivity index is 1.66. The molecule has 0 radical (unpaired) electrons. The molecule has 1 aromatic heterocycles. The van der Waals surface area contributed by atoms with Gasteiger partial charge in [0, 0.05) is 30.7 Å². The minimum Gasteiger partial charge on any atom is -0.493 e. The Kier molecular flexibility index (Phi) is 6.96. The van der Waals surface area contributed by atoms with Gasteiger partial charge in [0.1, 0.15) is 11.6 Å². The number of methoxy groups -OCH3 is 2. The molecule has 0 bridgehead atoms.